The minimum Gasteiger partial charge on any atom is -0.494 e. The predicted octanol–water partition coefficient (Wildman–Crippen LogP) is 3.64. The van der Waals surface area contributed by atoms with Gasteiger partial charge in [-0.15, -0.1) is 4.99 Å². The number of ether oxygens (including phenoxy) is 5. The number of methoxy groups -OCH3 is 1. The first kappa shape index (κ1) is 30.6. The van der Waals surface area contributed by atoms with Crippen molar-refractivity contribution in [3.63, 3.8) is 0 Å². The third kappa shape index (κ3) is 12.6. The van der Waals surface area contributed by atoms with Gasteiger partial charge in [0.1, 0.15) is 12.4 Å². The van der Waals surface area contributed by atoms with Gasteiger partial charge in [0, 0.05) is 30.8 Å². The largest absolute Gasteiger partial charge is 0.513 e. The Balaban J connectivity index is 1.72. The highest BCUT2D eigenvalue weighted by atomic mass is 35.5. The molecule has 0 amide bonds. The van der Waals surface area contributed by atoms with Gasteiger partial charge in [-0.1, -0.05) is 24.4 Å². The van der Waals surface area contributed by atoms with Gasteiger partial charge in [-0.3, -0.25) is 0 Å². The van der Waals surface area contributed by atoms with Crippen molar-refractivity contribution in [1.82, 2.24) is 0 Å². The molecular formula is C26H35ClN5O6+. The highest BCUT2D eigenvalue weighted by Crippen LogP contribution is 2.16. The van der Waals surface area contributed by atoms with E-state index in [0.717, 1.165) is 37.1 Å². The van der Waals surface area contributed by atoms with E-state index in [4.69, 9.17) is 46.3 Å². The van der Waals surface area contributed by atoms with Crippen LogP contribution >= 0.6 is 11.6 Å². The summed E-state index contributed by atoms with van der Waals surface area (Å²) < 4.78 is 27.5. The van der Waals surface area contributed by atoms with Crippen molar-refractivity contribution >= 4 is 29.4 Å². The number of carbonyl (C=O) groups is 1. The number of halogens is 1. The van der Waals surface area contributed by atoms with Crippen LogP contribution in [0.25, 0.3) is 0 Å². The van der Waals surface area contributed by atoms with Crippen molar-refractivity contribution < 1.29 is 33.0 Å². The lowest BCUT2D eigenvalue weighted by Crippen LogP contribution is -2.40. The van der Waals surface area contributed by atoms with Crippen LogP contribution in [0.4, 0.5) is 10.5 Å². The molecule has 0 radical (unpaired) electrons. The quantitative estimate of drug-likeness (QED) is 0.0785. The molecule has 2 aromatic rings. The number of aliphatic imine (C=N–C) groups is 1. The number of benzene rings is 1. The van der Waals surface area contributed by atoms with Crippen LogP contribution in [0.3, 0.4) is 0 Å². The number of unbranched alkanes of at least 4 members (excludes halogenated alkanes) is 3. The fraction of sp³-hybridized carbons (Fsp3) is 0.462. The molecule has 11 nitrogen and oxygen atoms in total. The molecule has 206 valence electrons. The number of rotatable bonds is 17. The SMILES string of the molecule is COCCOCCOC(=O)OC[n+]1ccc(N(CCCCCCOc2ccc(Cl)cc2)C(N)=NC#N)cc1. The number of nitriles is 1. The molecule has 0 aliphatic heterocycles. The van der Waals surface area contributed by atoms with Crippen molar-refractivity contribution in [2.45, 2.75) is 32.4 Å². The monoisotopic (exact) mass is 548 g/mol. The minimum absolute atomic E-state index is 0.0243. The molecule has 0 aliphatic rings. The number of nitrogens with two attached hydrogens (primary N) is 1. The number of carbonyl (C=O) groups excluding carboxylic acids is 1. The third-order valence-electron chi connectivity index (χ3n) is 5.20. The second kappa shape index (κ2) is 18.6. The second-order valence-corrected chi connectivity index (χ2v) is 8.42. The Labute approximate surface area is 228 Å². The van der Waals surface area contributed by atoms with Crippen molar-refractivity contribution in [3.05, 3.63) is 53.8 Å². The molecule has 1 aromatic heterocycles. The predicted molar refractivity (Wildman–Crippen MR) is 142 cm³/mol. The standard InChI is InChI=1S/C26H35ClN5O6/c1-34-16-17-35-18-19-37-26(33)38-21-31-13-10-23(11-14-31)32(25(29)30-20-28)12-4-2-3-5-15-36-24-8-6-22(27)7-9-24/h6-11,13-14H,2-5,12,15-19,21H2,1H3,(H2,29,30)/q+1. The summed E-state index contributed by atoms with van der Waals surface area (Å²) >= 11 is 5.88. The van der Waals surface area contributed by atoms with E-state index in [0.29, 0.717) is 31.4 Å². The summed E-state index contributed by atoms with van der Waals surface area (Å²) in [6.07, 6.45) is 8.12. The van der Waals surface area contributed by atoms with E-state index in [-0.39, 0.29) is 25.9 Å². The lowest BCUT2D eigenvalue weighted by atomic mass is 10.2. The number of guanidine groups is 1. The molecule has 38 heavy (non-hydrogen) atoms. The van der Waals surface area contributed by atoms with Gasteiger partial charge >= 0.3 is 6.16 Å². The zero-order chi connectivity index (χ0) is 27.4. The number of hydrogen-bond acceptors (Lipinski definition) is 8. The molecule has 0 saturated carbocycles. The number of hydrogen-bond donors (Lipinski definition) is 1. The van der Waals surface area contributed by atoms with Crippen molar-refractivity contribution in [2.24, 2.45) is 10.7 Å². The Morgan fingerprint density at radius 2 is 1.71 bits per heavy atom. The summed E-state index contributed by atoms with van der Waals surface area (Å²) in [6, 6.07) is 10.9. The molecule has 1 heterocycles. The van der Waals surface area contributed by atoms with Crippen LogP contribution in [0.15, 0.2) is 53.8 Å². The zero-order valence-electron chi connectivity index (χ0n) is 21.6. The molecule has 0 unspecified atom stereocenters. The van der Waals surface area contributed by atoms with Crippen molar-refractivity contribution in [3.8, 4) is 11.9 Å². The van der Waals surface area contributed by atoms with E-state index >= 15 is 0 Å². The molecule has 2 N–H and O–H groups in total. The Morgan fingerprint density at radius 1 is 1.00 bits per heavy atom. The molecule has 2 rings (SSSR count). The van der Waals surface area contributed by atoms with E-state index in [2.05, 4.69) is 4.99 Å². The Kier molecular flexibility index (Phi) is 15.0. The average Bonchev–Trinajstić information content (AvgIpc) is 2.92. The van der Waals surface area contributed by atoms with Gasteiger partial charge in [0.15, 0.2) is 12.4 Å². The number of aromatic nitrogens is 1. The average molecular weight is 549 g/mol. The number of pyridine rings is 1. The number of nitrogens with zero attached hydrogens (tertiary/aromatic N) is 4. The summed E-state index contributed by atoms with van der Waals surface area (Å²) in [5, 5.41) is 9.63. The van der Waals surface area contributed by atoms with Crippen LogP contribution in [-0.2, 0) is 25.7 Å². The third-order valence-corrected chi connectivity index (χ3v) is 5.45. The maximum Gasteiger partial charge on any atom is 0.513 e. The Hall–Kier alpha value is -3.59. The van der Waals surface area contributed by atoms with Crippen LogP contribution in [0.2, 0.25) is 5.02 Å². The molecule has 1 aromatic carbocycles. The molecule has 12 heteroatoms. The maximum atomic E-state index is 11.7. The zero-order valence-corrected chi connectivity index (χ0v) is 22.3. The normalized spacial score (nSPS) is 11.0. The smallest absolute Gasteiger partial charge is 0.494 e. The van der Waals surface area contributed by atoms with Crippen LogP contribution in [0.5, 0.6) is 5.75 Å². The summed E-state index contributed by atoms with van der Waals surface area (Å²) in [5.74, 6) is 0.914. The summed E-state index contributed by atoms with van der Waals surface area (Å²) in [7, 11) is 1.58. The van der Waals surface area contributed by atoms with E-state index in [1.807, 2.05) is 12.1 Å². The summed E-state index contributed by atoms with van der Waals surface area (Å²) in [6.45, 7) is 2.45. The Bertz CT molecular complexity index is 1010. The van der Waals surface area contributed by atoms with Crippen LogP contribution in [-0.4, -0.2) is 58.8 Å². The van der Waals surface area contributed by atoms with Crippen LogP contribution < -0.4 is 19.9 Å². The van der Waals surface area contributed by atoms with Gasteiger partial charge in [0.2, 0.25) is 12.2 Å². The van der Waals surface area contributed by atoms with Crippen molar-refractivity contribution in [2.75, 3.05) is 51.6 Å². The molecule has 0 fully saturated rings. The summed E-state index contributed by atoms with van der Waals surface area (Å²) in [5.41, 5.74) is 6.80. The molecule has 0 spiro atoms. The lowest BCUT2D eigenvalue weighted by molar-refractivity contribution is -0.727. The van der Waals surface area contributed by atoms with E-state index in [9.17, 15) is 4.79 Å². The van der Waals surface area contributed by atoms with Gasteiger partial charge in [0.05, 0.1) is 32.1 Å². The number of anilines is 1. The first-order chi connectivity index (χ1) is 18.5. The van der Waals surface area contributed by atoms with E-state index in [1.165, 1.54) is 0 Å². The second-order valence-electron chi connectivity index (χ2n) is 7.99. The highest BCUT2D eigenvalue weighted by molar-refractivity contribution is 6.30. The lowest BCUT2D eigenvalue weighted by Gasteiger charge is -2.22. The van der Waals surface area contributed by atoms with Crippen molar-refractivity contribution in [1.29, 1.82) is 5.26 Å². The molecule has 0 aliphatic carbocycles. The maximum absolute atomic E-state index is 11.7. The fourth-order valence-electron chi connectivity index (χ4n) is 3.25. The molecule has 0 atom stereocenters. The van der Waals surface area contributed by atoms with Gasteiger partial charge in [0.25, 0.3) is 6.73 Å². The highest BCUT2D eigenvalue weighted by Gasteiger charge is 2.14. The summed E-state index contributed by atoms with van der Waals surface area (Å²) in [4.78, 5) is 17.2. The first-order valence-corrected chi connectivity index (χ1v) is 12.6. The van der Waals surface area contributed by atoms with E-state index < -0.39 is 6.16 Å². The Morgan fingerprint density at radius 3 is 2.42 bits per heavy atom. The first-order valence-electron chi connectivity index (χ1n) is 12.3. The van der Waals surface area contributed by atoms with Gasteiger partial charge in [-0.2, -0.15) is 9.83 Å². The van der Waals surface area contributed by atoms with Gasteiger partial charge in [-0.05, 0) is 37.1 Å². The van der Waals surface area contributed by atoms with Gasteiger partial charge in [-0.25, -0.2) is 4.79 Å². The molecule has 0 bridgehead atoms. The molecular weight excluding hydrogens is 514 g/mol. The van der Waals surface area contributed by atoms with Gasteiger partial charge < -0.3 is 34.3 Å². The van der Waals surface area contributed by atoms with E-state index in [1.54, 1.807) is 59.4 Å². The molecule has 0 saturated heterocycles. The topological polar surface area (TPSA) is 133 Å². The van der Waals surface area contributed by atoms with Crippen LogP contribution in [0.1, 0.15) is 25.7 Å². The minimum atomic E-state index is -0.789. The van der Waals surface area contributed by atoms with Crippen LogP contribution in [0, 0.1) is 11.5 Å². The fourth-order valence-corrected chi connectivity index (χ4v) is 3.37.